The molecule has 0 unspecified atom stereocenters. The van der Waals surface area contributed by atoms with Crippen LogP contribution in [0.4, 0.5) is 15.8 Å². The highest BCUT2D eigenvalue weighted by Gasteiger charge is 2.24. The molecular weight excluding hydrogens is 429 g/mol. The number of rotatable bonds is 4. The average Bonchev–Trinajstić information content (AvgIpc) is 3.40. The van der Waals surface area contributed by atoms with Crippen molar-refractivity contribution in [2.75, 3.05) is 36.0 Å². The molecule has 0 atom stereocenters. The van der Waals surface area contributed by atoms with Crippen LogP contribution in [0.2, 0.25) is 0 Å². The molecule has 164 valence electrons. The van der Waals surface area contributed by atoms with Crippen LogP contribution in [0.15, 0.2) is 78.2 Å². The Balaban J connectivity index is 1.56. The van der Waals surface area contributed by atoms with Crippen molar-refractivity contribution in [3.8, 4) is 27.6 Å². The van der Waals surface area contributed by atoms with Gasteiger partial charge in [-0.3, -0.25) is 0 Å². The summed E-state index contributed by atoms with van der Waals surface area (Å²) in [6.45, 7) is 5.52. The van der Waals surface area contributed by atoms with E-state index in [0.717, 1.165) is 59.0 Å². The molecule has 0 spiro atoms. The molecule has 3 aromatic carbocycles. The molecule has 0 aliphatic carbocycles. The maximum Gasteiger partial charge on any atom is 0.123 e. The molecule has 0 saturated carbocycles. The van der Waals surface area contributed by atoms with E-state index in [1.807, 2.05) is 19.1 Å². The van der Waals surface area contributed by atoms with Gasteiger partial charge in [0, 0.05) is 42.3 Å². The van der Waals surface area contributed by atoms with Crippen molar-refractivity contribution >= 4 is 22.7 Å². The highest BCUT2D eigenvalue weighted by atomic mass is 32.1. The number of nitriles is 1. The maximum absolute atomic E-state index is 13.6. The number of nitrogens with zero attached hydrogens (tertiary/aromatic N) is 3. The van der Waals surface area contributed by atoms with Crippen molar-refractivity contribution in [2.45, 2.75) is 6.92 Å². The van der Waals surface area contributed by atoms with Crippen molar-refractivity contribution in [3.63, 3.8) is 0 Å². The summed E-state index contributed by atoms with van der Waals surface area (Å²) in [5.74, 6) is -0.262. The fourth-order valence-electron chi connectivity index (χ4n) is 4.65. The summed E-state index contributed by atoms with van der Waals surface area (Å²) in [6.07, 6.45) is 0. The summed E-state index contributed by atoms with van der Waals surface area (Å²) < 4.78 is 13.6. The monoisotopic (exact) mass is 453 g/mol. The molecule has 1 aliphatic rings. The molecule has 0 amide bonds. The van der Waals surface area contributed by atoms with Crippen LogP contribution in [0.3, 0.4) is 0 Å². The molecular formula is C28H24FN3S. The fourth-order valence-corrected chi connectivity index (χ4v) is 5.40. The van der Waals surface area contributed by atoms with E-state index < -0.39 is 0 Å². The van der Waals surface area contributed by atoms with Crippen LogP contribution < -0.4 is 9.80 Å². The van der Waals surface area contributed by atoms with Crippen molar-refractivity contribution < 1.29 is 4.39 Å². The lowest BCUT2D eigenvalue weighted by atomic mass is 9.89. The van der Waals surface area contributed by atoms with Crippen molar-refractivity contribution in [3.05, 3.63) is 95.1 Å². The molecule has 5 rings (SSSR count). The average molecular weight is 454 g/mol. The van der Waals surface area contributed by atoms with Gasteiger partial charge in [-0.2, -0.15) is 5.26 Å². The third kappa shape index (κ3) is 4.10. The molecule has 2 heterocycles. The van der Waals surface area contributed by atoms with Crippen LogP contribution >= 0.6 is 11.3 Å². The summed E-state index contributed by atoms with van der Waals surface area (Å²) in [6, 6.07) is 25.8. The smallest absolute Gasteiger partial charge is 0.123 e. The summed E-state index contributed by atoms with van der Waals surface area (Å²) >= 11 is 1.68. The van der Waals surface area contributed by atoms with Crippen molar-refractivity contribution in [1.29, 1.82) is 5.26 Å². The quantitative estimate of drug-likeness (QED) is 0.343. The molecule has 0 N–H and O–H groups in total. The molecule has 1 aliphatic heterocycles. The Kier molecular flexibility index (Phi) is 5.85. The second kappa shape index (κ2) is 9.09. The summed E-state index contributed by atoms with van der Waals surface area (Å²) in [5, 5.41) is 12.2. The van der Waals surface area contributed by atoms with Gasteiger partial charge in [0.2, 0.25) is 0 Å². The zero-order valence-corrected chi connectivity index (χ0v) is 19.3. The highest BCUT2D eigenvalue weighted by Crippen LogP contribution is 2.42. The van der Waals surface area contributed by atoms with E-state index in [4.69, 9.17) is 0 Å². The Labute approximate surface area is 198 Å². The molecule has 1 saturated heterocycles. The normalized spacial score (nSPS) is 13.7. The van der Waals surface area contributed by atoms with Gasteiger partial charge in [0.05, 0.1) is 11.3 Å². The first-order valence-corrected chi connectivity index (χ1v) is 12.0. The molecule has 3 nitrogen and oxygen atoms in total. The fraction of sp³-hybridized carbons (Fsp3) is 0.179. The van der Waals surface area contributed by atoms with E-state index in [1.165, 1.54) is 17.8 Å². The van der Waals surface area contributed by atoms with E-state index in [-0.39, 0.29) is 5.82 Å². The molecule has 0 radical (unpaired) electrons. The second-order valence-electron chi connectivity index (χ2n) is 8.22. The molecule has 1 aromatic heterocycles. The Morgan fingerprint density at radius 1 is 0.879 bits per heavy atom. The minimum absolute atomic E-state index is 0.262. The number of benzene rings is 3. The van der Waals surface area contributed by atoms with E-state index in [0.29, 0.717) is 5.56 Å². The molecule has 1 fully saturated rings. The van der Waals surface area contributed by atoms with E-state index in [9.17, 15) is 9.65 Å². The van der Waals surface area contributed by atoms with Gasteiger partial charge in [0.1, 0.15) is 11.9 Å². The summed E-state index contributed by atoms with van der Waals surface area (Å²) in [4.78, 5) is 5.87. The Hall–Kier alpha value is -3.62. The van der Waals surface area contributed by atoms with Gasteiger partial charge >= 0.3 is 0 Å². The first-order chi connectivity index (χ1) is 16.2. The van der Waals surface area contributed by atoms with Crippen molar-refractivity contribution in [2.24, 2.45) is 0 Å². The number of hydrogen-bond donors (Lipinski definition) is 0. The van der Waals surface area contributed by atoms with Gasteiger partial charge < -0.3 is 9.80 Å². The largest absolute Gasteiger partial charge is 0.368 e. The van der Waals surface area contributed by atoms with Crippen LogP contribution in [0.25, 0.3) is 21.6 Å². The predicted octanol–water partition coefficient (Wildman–Crippen LogP) is 6.73. The van der Waals surface area contributed by atoms with Crippen LogP contribution in [0.5, 0.6) is 0 Å². The number of anilines is 2. The lowest BCUT2D eigenvalue weighted by molar-refractivity contribution is 0.628. The Morgan fingerprint density at radius 3 is 2.21 bits per heavy atom. The molecule has 0 bridgehead atoms. The Bertz CT molecular complexity index is 1280. The third-order valence-electron chi connectivity index (χ3n) is 6.33. The van der Waals surface area contributed by atoms with Crippen molar-refractivity contribution in [1.82, 2.24) is 0 Å². The standard InChI is InChI=1S/C28H24FN3S/c1-20-25(19-30)26(32-15-13-31(14-16-32)23-6-3-2-4-7-23)18-24(27-8-5-17-33-27)28(20)21-9-11-22(29)12-10-21/h2-12,17-18H,13-16H2,1H3. The van der Waals surface area contributed by atoms with Gasteiger partial charge in [-0.15, -0.1) is 11.3 Å². The van der Waals surface area contributed by atoms with Crippen LogP contribution in [-0.2, 0) is 0 Å². The highest BCUT2D eigenvalue weighted by molar-refractivity contribution is 7.13. The number of para-hydroxylation sites is 1. The lowest BCUT2D eigenvalue weighted by Crippen LogP contribution is -2.46. The molecule has 5 heteroatoms. The zero-order valence-electron chi connectivity index (χ0n) is 18.5. The number of piperazine rings is 1. The number of halogens is 1. The number of thiophene rings is 1. The Morgan fingerprint density at radius 2 is 1.58 bits per heavy atom. The summed E-state index contributed by atoms with van der Waals surface area (Å²) in [7, 11) is 0. The molecule has 33 heavy (non-hydrogen) atoms. The zero-order chi connectivity index (χ0) is 22.8. The van der Waals surface area contributed by atoms with Crippen LogP contribution in [-0.4, -0.2) is 26.2 Å². The van der Waals surface area contributed by atoms with E-state index in [2.05, 4.69) is 57.6 Å². The SMILES string of the molecule is Cc1c(C#N)c(N2CCN(c3ccccc3)CC2)cc(-c2cccs2)c1-c1ccc(F)cc1. The molecule has 4 aromatic rings. The minimum Gasteiger partial charge on any atom is -0.368 e. The third-order valence-corrected chi connectivity index (χ3v) is 7.23. The lowest BCUT2D eigenvalue weighted by Gasteiger charge is -2.38. The van der Waals surface area contributed by atoms with E-state index in [1.54, 1.807) is 23.5 Å². The van der Waals surface area contributed by atoms with Crippen LogP contribution in [0, 0.1) is 24.1 Å². The summed E-state index contributed by atoms with van der Waals surface area (Å²) in [5.41, 5.74) is 6.87. The van der Waals surface area contributed by atoms with Gasteiger partial charge in [-0.25, -0.2) is 4.39 Å². The van der Waals surface area contributed by atoms with Crippen LogP contribution in [0.1, 0.15) is 11.1 Å². The van der Waals surface area contributed by atoms with Gasteiger partial charge in [-0.1, -0.05) is 36.4 Å². The maximum atomic E-state index is 13.6. The van der Waals surface area contributed by atoms with Gasteiger partial charge in [0.15, 0.2) is 0 Å². The van der Waals surface area contributed by atoms with Gasteiger partial charge in [0.25, 0.3) is 0 Å². The predicted molar refractivity (Wildman–Crippen MR) is 135 cm³/mol. The van der Waals surface area contributed by atoms with Gasteiger partial charge in [-0.05, 0) is 65.4 Å². The second-order valence-corrected chi connectivity index (χ2v) is 9.17. The topological polar surface area (TPSA) is 30.3 Å². The first-order valence-electron chi connectivity index (χ1n) is 11.1. The number of hydrogen-bond acceptors (Lipinski definition) is 4. The first kappa shape index (κ1) is 21.2. The van der Waals surface area contributed by atoms with E-state index >= 15 is 0 Å². The minimum atomic E-state index is -0.262.